The number of nitrogens with one attached hydrogen (secondary N) is 1. The van der Waals surface area contributed by atoms with Gasteiger partial charge in [-0.25, -0.2) is 0 Å². The van der Waals surface area contributed by atoms with Gasteiger partial charge in [0.15, 0.2) is 0 Å². The summed E-state index contributed by atoms with van der Waals surface area (Å²) in [5, 5.41) is 13.4. The molecule has 1 radical (unpaired) electrons. The Morgan fingerprint density at radius 1 is 1.14 bits per heavy atom. The van der Waals surface area contributed by atoms with E-state index >= 15 is 0 Å². The quantitative estimate of drug-likeness (QED) is 0.812. The Hall–Kier alpha value is -1.10. The average Bonchev–Trinajstić information content (AvgIpc) is 2.45. The van der Waals surface area contributed by atoms with E-state index in [9.17, 15) is 5.11 Å². The first-order valence-electron chi connectivity index (χ1n) is 7.53. The van der Waals surface area contributed by atoms with Gasteiger partial charge in [0.25, 0.3) is 0 Å². The Balaban J connectivity index is 1.98. The molecule has 1 aliphatic heterocycles. The molecule has 0 atom stereocenters. The molecule has 1 aromatic carbocycles. The van der Waals surface area contributed by atoms with Gasteiger partial charge in [0.2, 0.25) is 0 Å². The van der Waals surface area contributed by atoms with Gasteiger partial charge in [-0.3, -0.25) is 0 Å². The lowest BCUT2D eigenvalue weighted by Gasteiger charge is -2.37. The van der Waals surface area contributed by atoms with Crippen molar-refractivity contribution in [2.45, 2.75) is 45.3 Å². The Labute approximate surface area is 128 Å². The van der Waals surface area contributed by atoms with Gasteiger partial charge in [-0.15, -0.1) is 0 Å². The Kier molecular flexibility index (Phi) is 4.92. The molecule has 0 saturated carbocycles. The molecule has 1 aromatic rings. The van der Waals surface area contributed by atoms with Crippen molar-refractivity contribution in [2.24, 2.45) is 0 Å². The molecule has 113 valence electrons. The summed E-state index contributed by atoms with van der Waals surface area (Å²) in [6, 6.07) is 8.37. The van der Waals surface area contributed by atoms with Crippen molar-refractivity contribution < 1.29 is 9.76 Å². The normalized spacial score (nSPS) is 16.5. The predicted molar refractivity (Wildman–Crippen MR) is 88.8 cm³/mol. The van der Waals surface area contributed by atoms with Gasteiger partial charge in [0.1, 0.15) is 0 Å². The molecule has 0 unspecified atom stereocenters. The van der Waals surface area contributed by atoms with E-state index in [1.165, 1.54) is 11.1 Å². The van der Waals surface area contributed by atoms with Crippen LogP contribution in [0.2, 0.25) is 0 Å². The van der Waals surface area contributed by atoms with Crippen LogP contribution in [0.3, 0.4) is 0 Å². The van der Waals surface area contributed by atoms with Gasteiger partial charge in [-0.2, -0.15) is 0 Å². The number of aliphatic hydroxyl groups is 1. The van der Waals surface area contributed by atoms with Gasteiger partial charge < -0.3 is 15.1 Å². The largest absolute Gasteiger partial charge is 0.427 e. The molecule has 3 nitrogen and oxygen atoms in total. The van der Waals surface area contributed by atoms with E-state index in [1.54, 1.807) is 21.3 Å². The third-order valence-corrected chi connectivity index (χ3v) is 4.31. The topological polar surface area (TPSA) is 41.5 Å². The standard InChI is InChI=1S/C17H25BNO2/c1-16(2,20)17(3,4)21-18-15-7-5-13(6-8-15)14-9-11-19-12-10-14/h5-9,19-20H,10-12H2,1-4H3. The van der Waals surface area contributed by atoms with Crippen LogP contribution in [-0.2, 0) is 4.65 Å². The lowest BCUT2D eigenvalue weighted by atomic mass is 9.82. The third kappa shape index (κ3) is 4.19. The highest BCUT2D eigenvalue weighted by atomic mass is 16.5. The van der Waals surface area contributed by atoms with Crippen LogP contribution in [0, 0.1) is 0 Å². The monoisotopic (exact) mass is 286 g/mol. The highest BCUT2D eigenvalue weighted by molar-refractivity contribution is 6.47. The Morgan fingerprint density at radius 2 is 1.81 bits per heavy atom. The van der Waals surface area contributed by atoms with Crippen LogP contribution in [-0.4, -0.2) is 36.9 Å². The van der Waals surface area contributed by atoms with Gasteiger partial charge in [-0.05, 0) is 51.8 Å². The van der Waals surface area contributed by atoms with E-state index < -0.39 is 11.2 Å². The van der Waals surface area contributed by atoms with E-state index in [4.69, 9.17) is 4.65 Å². The molecule has 0 saturated heterocycles. The van der Waals surface area contributed by atoms with Crippen molar-refractivity contribution in [3.63, 3.8) is 0 Å². The molecular weight excluding hydrogens is 261 g/mol. The van der Waals surface area contributed by atoms with E-state index in [0.717, 1.165) is 25.0 Å². The zero-order chi connectivity index (χ0) is 15.5. The van der Waals surface area contributed by atoms with E-state index in [1.807, 2.05) is 13.8 Å². The van der Waals surface area contributed by atoms with Crippen LogP contribution in [0.25, 0.3) is 5.57 Å². The van der Waals surface area contributed by atoms with Crippen LogP contribution in [0.1, 0.15) is 39.7 Å². The maximum absolute atomic E-state index is 10.1. The molecule has 2 N–H and O–H groups in total. The van der Waals surface area contributed by atoms with Gasteiger partial charge in [0, 0.05) is 6.54 Å². The molecule has 0 fully saturated rings. The SMILES string of the molecule is CC(C)(O)C(C)(C)O[B]c1ccc(C2=CCNCC2)cc1. The summed E-state index contributed by atoms with van der Waals surface area (Å²) in [4.78, 5) is 0. The van der Waals surface area contributed by atoms with Crippen molar-refractivity contribution in [1.82, 2.24) is 5.32 Å². The minimum absolute atomic E-state index is 0.636. The van der Waals surface area contributed by atoms with Crippen LogP contribution in [0.4, 0.5) is 0 Å². The van der Waals surface area contributed by atoms with Crippen LogP contribution in [0.15, 0.2) is 30.3 Å². The minimum atomic E-state index is -0.899. The Bertz CT molecular complexity index is 501. The van der Waals surface area contributed by atoms with Crippen molar-refractivity contribution in [1.29, 1.82) is 0 Å². The average molecular weight is 286 g/mol. The molecule has 2 rings (SSSR count). The Morgan fingerprint density at radius 3 is 2.33 bits per heavy atom. The van der Waals surface area contributed by atoms with Crippen LogP contribution >= 0.6 is 0 Å². The summed E-state index contributed by atoms with van der Waals surface area (Å²) >= 11 is 0. The highest BCUT2D eigenvalue weighted by Gasteiger charge is 2.35. The summed E-state index contributed by atoms with van der Waals surface area (Å²) in [5.41, 5.74) is 2.14. The molecule has 4 heteroatoms. The smallest absolute Gasteiger partial charge is 0.330 e. The zero-order valence-corrected chi connectivity index (χ0v) is 13.4. The molecule has 0 amide bonds. The lowest BCUT2D eigenvalue weighted by molar-refractivity contribution is -0.0893. The fraction of sp³-hybridized carbons (Fsp3) is 0.529. The first-order chi connectivity index (χ1) is 9.79. The molecule has 1 heterocycles. The molecular formula is C17H25BNO2. The molecule has 0 bridgehead atoms. The first kappa shape index (κ1) is 16.3. The van der Waals surface area contributed by atoms with E-state index in [2.05, 4.69) is 35.7 Å². The summed E-state index contributed by atoms with van der Waals surface area (Å²) in [7, 11) is 1.72. The summed E-state index contributed by atoms with van der Waals surface area (Å²) < 4.78 is 5.77. The van der Waals surface area contributed by atoms with E-state index in [-0.39, 0.29) is 0 Å². The maximum Gasteiger partial charge on any atom is 0.330 e. The fourth-order valence-electron chi connectivity index (χ4n) is 2.02. The summed E-state index contributed by atoms with van der Waals surface area (Å²) in [6.45, 7) is 9.28. The van der Waals surface area contributed by atoms with Crippen LogP contribution < -0.4 is 10.8 Å². The fourth-order valence-corrected chi connectivity index (χ4v) is 2.02. The zero-order valence-electron chi connectivity index (χ0n) is 13.4. The lowest BCUT2D eigenvalue weighted by Crippen LogP contribution is -2.49. The van der Waals surface area contributed by atoms with Gasteiger partial charge in [0.05, 0.1) is 11.2 Å². The second kappa shape index (κ2) is 6.35. The van der Waals surface area contributed by atoms with Gasteiger partial charge >= 0.3 is 7.48 Å². The van der Waals surface area contributed by atoms with E-state index in [0.29, 0.717) is 0 Å². The number of hydrogen-bond acceptors (Lipinski definition) is 3. The second-order valence-electron chi connectivity index (χ2n) is 6.61. The molecule has 0 aromatic heterocycles. The van der Waals surface area contributed by atoms with Crippen molar-refractivity contribution in [2.75, 3.05) is 13.1 Å². The van der Waals surface area contributed by atoms with Crippen LogP contribution in [0.5, 0.6) is 0 Å². The second-order valence-corrected chi connectivity index (χ2v) is 6.61. The molecule has 1 aliphatic rings. The molecule has 0 aliphatic carbocycles. The number of benzene rings is 1. The third-order valence-electron chi connectivity index (χ3n) is 4.31. The molecule has 21 heavy (non-hydrogen) atoms. The molecule has 0 spiro atoms. The number of hydrogen-bond donors (Lipinski definition) is 2. The van der Waals surface area contributed by atoms with Crippen molar-refractivity contribution in [3.8, 4) is 0 Å². The number of rotatable bonds is 5. The predicted octanol–water partition coefficient (Wildman–Crippen LogP) is 1.87. The van der Waals surface area contributed by atoms with Crippen molar-refractivity contribution >= 4 is 18.5 Å². The maximum atomic E-state index is 10.1. The first-order valence-corrected chi connectivity index (χ1v) is 7.53. The minimum Gasteiger partial charge on any atom is -0.427 e. The summed E-state index contributed by atoms with van der Waals surface area (Å²) in [6.07, 6.45) is 3.32. The van der Waals surface area contributed by atoms with Crippen molar-refractivity contribution in [3.05, 3.63) is 35.9 Å². The highest BCUT2D eigenvalue weighted by Crippen LogP contribution is 2.24. The summed E-state index contributed by atoms with van der Waals surface area (Å²) in [5.74, 6) is 0. The van der Waals surface area contributed by atoms with Gasteiger partial charge in [-0.1, -0.05) is 35.8 Å².